The molecule has 1 atom stereocenters. The lowest BCUT2D eigenvalue weighted by Crippen LogP contribution is -2.56. The Hall–Kier alpha value is -1.45. The normalized spacial score (nSPS) is 21.6. The first kappa shape index (κ1) is 13.0. The van der Waals surface area contributed by atoms with E-state index in [4.69, 9.17) is 4.74 Å². The molecule has 1 aliphatic rings. The third kappa shape index (κ3) is 1.89. The Morgan fingerprint density at radius 1 is 1.28 bits per heavy atom. The molecule has 0 N–H and O–H groups in total. The Labute approximate surface area is 105 Å². The van der Waals surface area contributed by atoms with Gasteiger partial charge >= 0.3 is 0 Å². The predicted octanol–water partition coefficient (Wildman–Crippen LogP) is 3.49. The second-order valence-corrected chi connectivity index (χ2v) is 4.67. The zero-order valence-electron chi connectivity index (χ0n) is 10.5. The average Bonchev–Trinajstić information content (AvgIpc) is 2.35. The number of hydrogen-bond acceptors (Lipinski definition) is 2. The standard InChI is InChI=1S/C14H16F2O2/c1-3-14(4-2)12(17)8-13(14)18-9-5-6-10(15)11(16)7-9/h5-7,13H,3-4,8H2,1-2H3. The maximum atomic E-state index is 13.1. The molecule has 1 aliphatic carbocycles. The minimum atomic E-state index is -0.934. The van der Waals surface area contributed by atoms with Gasteiger partial charge in [0.05, 0.1) is 5.41 Å². The molecule has 0 bridgehead atoms. The highest BCUT2D eigenvalue weighted by Crippen LogP contribution is 2.45. The average molecular weight is 254 g/mol. The fourth-order valence-electron chi connectivity index (χ4n) is 2.58. The van der Waals surface area contributed by atoms with Gasteiger partial charge in [-0.1, -0.05) is 13.8 Å². The molecule has 0 saturated heterocycles. The molecule has 0 spiro atoms. The quantitative estimate of drug-likeness (QED) is 0.822. The monoisotopic (exact) mass is 254 g/mol. The molecule has 1 aromatic carbocycles. The van der Waals surface area contributed by atoms with Crippen LogP contribution in [0.5, 0.6) is 5.75 Å². The minimum absolute atomic E-state index is 0.195. The Bertz CT molecular complexity index is 467. The summed E-state index contributed by atoms with van der Waals surface area (Å²) in [5.41, 5.74) is -0.454. The van der Waals surface area contributed by atoms with E-state index in [1.165, 1.54) is 6.07 Å². The number of Topliss-reactive ketones (excluding diaryl/α,β-unsaturated/α-hetero) is 1. The number of carbonyl (C=O) groups is 1. The predicted molar refractivity (Wildman–Crippen MR) is 63.4 cm³/mol. The van der Waals surface area contributed by atoms with Crippen LogP contribution in [-0.2, 0) is 4.79 Å². The van der Waals surface area contributed by atoms with Crippen molar-refractivity contribution in [2.45, 2.75) is 39.2 Å². The Morgan fingerprint density at radius 2 is 1.94 bits per heavy atom. The fourth-order valence-corrected chi connectivity index (χ4v) is 2.58. The Kier molecular flexibility index (Phi) is 3.37. The van der Waals surface area contributed by atoms with Crippen molar-refractivity contribution in [1.29, 1.82) is 0 Å². The van der Waals surface area contributed by atoms with Crippen molar-refractivity contribution < 1.29 is 18.3 Å². The van der Waals surface area contributed by atoms with Crippen molar-refractivity contribution in [2.24, 2.45) is 5.41 Å². The molecule has 1 aromatic rings. The highest BCUT2D eigenvalue weighted by molar-refractivity contribution is 5.92. The molecule has 0 heterocycles. The lowest BCUT2D eigenvalue weighted by Gasteiger charge is -2.46. The van der Waals surface area contributed by atoms with Gasteiger partial charge in [-0.05, 0) is 25.0 Å². The van der Waals surface area contributed by atoms with E-state index in [0.29, 0.717) is 19.3 Å². The highest BCUT2D eigenvalue weighted by atomic mass is 19.2. The topological polar surface area (TPSA) is 26.3 Å². The number of ether oxygens (including phenoxy) is 1. The summed E-state index contributed by atoms with van der Waals surface area (Å²) < 4.78 is 31.5. The van der Waals surface area contributed by atoms with E-state index in [1.807, 2.05) is 13.8 Å². The van der Waals surface area contributed by atoms with Crippen molar-refractivity contribution in [1.82, 2.24) is 0 Å². The molecule has 98 valence electrons. The van der Waals surface area contributed by atoms with Crippen molar-refractivity contribution >= 4 is 5.78 Å². The summed E-state index contributed by atoms with van der Waals surface area (Å²) in [6.45, 7) is 3.89. The molecule has 1 fully saturated rings. The summed E-state index contributed by atoms with van der Waals surface area (Å²) in [4.78, 5) is 11.7. The van der Waals surface area contributed by atoms with E-state index >= 15 is 0 Å². The maximum absolute atomic E-state index is 13.1. The molecule has 0 radical (unpaired) electrons. The molecule has 0 amide bonds. The van der Waals surface area contributed by atoms with E-state index in [2.05, 4.69) is 0 Å². The van der Waals surface area contributed by atoms with Gasteiger partial charge in [0.2, 0.25) is 0 Å². The highest BCUT2D eigenvalue weighted by Gasteiger charge is 2.53. The van der Waals surface area contributed by atoms with E-state index in [9.17, 15) is 13.6 Å². The summed E-state index contributed by atoms with van der Waals surface area (Å²) >= 11 is 0. The number of carbonyl (C=O) groups excluding carboxylic acids is 1. The van der Waals surface area contributed by atoms with E-state index in [0.717, 1.165) is 12.1 Å². The van der Waals surface area contributed by atoms with Gasteiger partial charge in [0.25, 0.3) is 0 Å². The third-order valence-electron chi connectivity index (χ3n) is 3.97. The fraction of sp³-hybridized carbons (Fsp3) is 0.500. The van der Waals surface area contributed by atoms with Crippen molar-refractivity contribution in [3.63, 3.8) is 0 Å². The number of rotatable bonds is 4. The van der Waals surface area contributed by atoms with Gasteiger partial charge < -0.3 is 4.74 Å². The lowest BCUT2D eigenvalue weighted by molar-refractivity contribution is -0.153. The summed E-state index contributed by atoms with van der Waals surface area (Å²) in [6.07, 6.45) is 1.53. The minimum Gasteiger partial charge on any atom is -0.489 e. The molecule has 0 aliphatic heterocycles. The zero-order valence-corrected chi connectivity index (χ0v) is 10.5. The summed E-state index contributed by atoms with van der Waals surface area (Å²) in [6, 6.07) is 3.44. The van der Waals surface area contributed by atoms with Gasteiger partial charge in [0.15, 0.2) is 11.6 Å². The number of halogens is 2. The first-order valence-corrected chi connectivity index (χ1v) is 6.18. The Balaban J connectivity index is 2.15. The van der Waals surface area contributed by atoms with Crippen LogP contribution >= 0.6 is 0 Å². The van der Waals surface area contributed by atoms with Crippen LogP contribution in [0.4, 0.5) is 8.78 Å². The molecular weight excluding hydrogens is 238 g/mol. The van der Waals surface area contributed by atoms with Crippen LogP contribution in [0.2, 0.25) is 0 Å². The Morgan fingerprint density at radius 3 is 2.44 bits per heavy atom. The first-order chi connectivity index (χ1) is 8.53. The van der Waals surface area contributed by atoms with Gasteiger partial charge in [-0.15, -0.1) is 0 Å². The van der Waals surface area contributed by atoms with Gasteiger partial charge in [-0.2, -0.15) is 0 Å². The molecule has 4 heteroatoms. The van der Waals surface area contributed by atoms with Crippen LogP contribution in [0, 0.1) is 17.0 Å². The molecule has 0 aromatic heterocycles. The summed E-state index contributed by atoms with van der Waals surface area (Å²) in [7, 11) is 0. The van der Waals surface area contributed by atoms with Crippen LogP contribution < -0.4 is 4.74 Å². The van der Waals surface area contributed by atoms with Gasteiger partial charge in [-0.3, -0.25) is 4.79 Å². The van der Waals surface area contributed by atoms with E-state index < -0.39 is 17.0 Å². The molecule has 1 unspecified atom stereocenters. The molecular formula is C14H16F2O2. The number of benzene rings is 1. The molecule has 2 nitrogen and oxygen atoms in total. The van der Waals surface area contributed by atoms with Gasteiger partial charge in [-0.25, -0.2) is 8.78 Å². The van der Waals surface area contributed by atoms with Gasteiger partial charge in [0.1, 0.15) is 17.6 Å². The van der Waals surface area contributed by atoms with Crippen LogP contribution in [0.15, 0.2) is 18.2 Å². The molecule has 2 rings (SSSR count). The van der Waals surface area contributed by atoms with E-state index in [1.54, 1.807) is 0 Å². The SMILES string of the molecule is CCC1(CC)C(=O)CC1Oc1ccc(F)c(F)c1. The maximum Gasteiger partial charge on any atom is 0.162 e. The van der Waals surface area contributed by atoms with Crippen molar-refractivity contribution in [3.8, 4) is 5.75 Å². The van der Waals surface area contributed by atoms with Crippen LogP contribution in [0.3, 0.4) is 0 Å². The largest absolute Gasteiger partial charge is 0.489 e. The second-order valence-electron chi connectivity index (χ2n) is 4.67. The third-order valence-corrected chi connectivity index (χ3v) is 3.97. The van der Waals surface area contributed by atoms with Crippen LogP contribution in [0.25, 0.3) is 0 Å². The van der Waals surface area contributed by atoms with Crippen molar-refractivity contribution in [2.75, 3.05) is 0 Å². The number of ketones is 1. The summed E-state index contributed by atoms with van der Waals surface area (Å²) in [5.74, 6) is -1.36. The van der Waals surface area contributed by atoms with Crippen LogP contribution in [0.1, 0.15) is 33.1 Å². The lowest BCUT2D eigenvalue weighted by atomic mass is 9.61. The van der Waals surface area contributed by atoms with Crippen molar-refractivity contribution in [3.05, 3.63) is 29.8 Å². The zero-order chi connectivity index (χ0) is 13.3. The number of hydrogen-bond donors (Lipinski definition) is 0. The van der Waals surface area contributed by atoms with Gasteiger partial charge in [0, 0.05) is 12.5 Å². The molecule has 18 heavy (non-hydrogen) atoms. The summed E-state index contributed by atoms with van der Waals surface area (Å²) in [5, 5.41) is 0. The molecule has 1 saturated carbocycles. The smallest absolute Gasteiger partial charge is 0.162 e. The first-order valence-electron chi connectivity index (χ1n) is 6.18. The van der Waals surface area contributed by atoms with E-state index in [-0.39, 0.29) is 17.6 Å². The van der Waals surface area contributed by atoms with Crippen LogP contribution in [-0.4, -0.2) is 11.9 Å². The second kappa shape index (κ2) is 4.67.